The smallest absolute Gasteiger partial charge is 0.271 e. The molecule has 5 rings (SSSR count). The predicted molar refractivity (Wildman–Crippen MR) is 129 cm³/mol. The van der Waals surface area contributed by atoms with E-state index in [1.54, 1.807) is 4.52 Å². The van der Waals surface area contributed by atoms with Gasteiger partial charge in [0.15, 0.2) is 11.3 Å². The Hall–Kier alpha value is -3.24. The lowest BCUT2D eigenvalue weighted by Gasteiger charge is -2.28. The summed E-state index contributed by atoms with van der Waals surface area (Å²) in [6, 6.07) is 7.59. The first kappa shape index (κ1) is 23.5. The number of ether oxygens (including phenoxy) is 1. The van der Waals surface area contributed by atoms with Gasteiger partial charge in [-0.3, -0.25) is 9.59 Å². The van der Waals surface area contributed by atoms with Crippen LogP contribution in [0.3, 0.4) is 0 Å². The van der Waals surface area contributed by atoms with E-state index in [1.165, 1.54) is 24.4 Å². The van der Waals surface area contributed by atoms with Crippen molar-refractivity contribution in [2.24, 2.45) is 5.92 Å². The minimum absolute atomic E-state index is 0.0473. The highest BCUT2D eigenvalue weighted by Gasteiger charge is 2.28. The summed E-state index contributed by atoms with van der Waals surface area (Å²) < 4.78 is 20.2. The molecule has 2 aliphatic rings. The van der Waals surface area contributed by atoms with E-state index in [0.717, 1.165) is 18.9 Å². The van der Waals surface area contributed by atoms with Gasteiger partial charge in [-0.2, -0.15) is 0 Å². The molecule has 3 heterocycles. The van der Waals surface area contributed by atoms with Gasteiger partial charge in [0.1, 0.15) is 11.6 Å². The molecule has 2 N–H and O–H groups in total. The second-order valence-electron chi connectivity index (χ2n) is 8.84. The van der Waals surface area contributed by atoms with Crippen LogP contribution in [0.4, 0.5) is 15.9 Å². The number of rotatable bonds is 5. The van der Waals surface area contributed by atoms with Crippen LogP contribution in [0.25, 0.3) is 5.65 Å². The number of carbonyl (C=O) groups excluding carboxylic acids is 2. The van der Waals surface area contributed by atoms with Crippen LogP contribution < -0.4 is 15.5 Å². The fraction of sp³-hybridized carbons (Fsp3) is 0.417. The molecule has 2 amide bonds. The molecule has 184 valence electrons. The number of fused-ring (bicyclic) bond motifs is 1. The zero-order valence-electron chi connectivity index (χ0n) is 19.0. The molecule has 2 aromatic heterocycles. The van der Waals surface area contributed by atoms with Crippen molar-refractivity contribution in [3.63, 3.8) is 0 Å². The maximum absolute atomic E-state index is 13.2. The zero-order valence-corrected chi connectivity index (χ0v) is 19.8. The fourth-order valence-electron chi connectivity index (χ4n) is 4.56. The van der Waals surface area contributed by atoms with Crippen LogP contribution in [0, 0.1) is 11.7 Å². The SMILES string of the molecule is O=C(NC1CCC(C(=O)Nc2ccc(F)cc2Cl)CC1)c1cnc2ccc(N3CCOCC3)nn12. The highest BCUT2D eigenvalue weighted by Crippen LogP contribution is 2.28. The van der Waals surface area contributed by atoms with Gasteiger partial charge in [0, 0.05) is 25.0 Å². The van der Waals surface area contributed by atoms with E-state index >= 15 is 0 Å². The van der Waals surface area contributed by atoms with Crippen molar-refractivity contribution >= 4 is 40.6 Å². The number of benzene rings is 1. The summed E-state index contributed by atoms with van der Waals surface area (Å²) in [6.45, 7) is 2.79. The molecule has 0 radical (unpaired) electrons. The Morgan fingerprint density at radius 1 is 1.09 bits per heavy atom. The summed E-state index contributed by atoms with van der Waals surface area (Å²) in [4.78, 5) is 32.1. The van der Waals surface area contributed by atoms with Gasteiger partial charge in [0.05, 0.1) is 30.1 Å². The van der Waals surface area contributed by atoms with Gasteiger partial charge >= 0.3 is 0 Å². The van der Waals surface area contributed by atoms with Crippen LogP contribution in [-0.4, -0.2) is 58.8 Å². The summed E-state index contributed by atoms with van der Waals surface area (Å²) in [5.41, 5.74) is 1.37. The molecule has 1 aliphatic heterocycles. The van der Waals surface area contributed by atoms with E-state index in [4.69, 9.17) is 16.3 Å². The molecular weight excluding hydrogens is 475 g/mol. The molecule has 1 saturated carbocycles. The monoisotopic (exact) mass is 500 g/mol. The molecular formula is C24H26ClFN6O3. The first-order valence-electron chi connectivity index (χ1n) is 11.7. The standard InChI is InChI=1S/C24H26ClFN6O3/c25-18-13-16(26)3-6-19(18)29-23(33)15-1-4-17(5-2-15)28-24(34)20-14-27-21-7-8-22(30-32(20)21)31-9-11-35-12-10-31/h3,6-8,13-15,17H,1-2,4-5,9-12H2,(H,28,34)(H,29,33). The molecule has 1 aliphatic carbocycles. The number of amides is 2. The Morgan fingerprint density at radius 3 is 2.60 bits per heavy atom. The molecule has 1 saturated heterocycles. The van der Waals surface area contributed by atoms with Crippen molar-refractivity contribution in [1.82, 2.24) is 19.9 Å². The predicted octanol–water partition coefficient (Wildman–Crippen LogP) is 3.29. The molecule has 1 aromatic carbocycles. The van der Waals surface area contributed by atoms with Crippen LogP contribution >= 0.6 is 11.6 Å². The van der Waals surface area contributed by atoms with Gasteiger partial charge in [0.25, 0.3) is 5.91 Å². The van der Waals surface area contributed by atoms with Crippen LogP contribution in [0.15, 0.2) is 36.5 Å². The van der Waals surface area contributed by atoms with Crippen molar-refractivity contribution in [2.45, 2.75) is 31.7 Å². The average molecular weight is 501 g/mol. The molecule has 0 spiro atoms. The third-order valence-corrected chi connectivity index (χ3v) is 6.85. The molecule has 0 bridgehead atoms. The molecule has 3 aromatic rings. The summed E-state index contributed by atoms with van der Waals surface area (Å²) >= 11 is 6.01. The third-order valence-electron chi connectivity index (χ3n) is 6.54. The van der Waals surface area contributed by atoms with Gasteiger partial charge in [-0.15, -0.1) is 5.10 Å². The van der Waals surface area contributed by atoms with E-state index < -0.39 is 5.82 Å². The van der Waals surface area contributed by atoms with Crippen molar-refractivity contribution in [1.29, 1.82) is 0 Å². The van der Waals surface area contributed by atoms with Crippen LogP contribution in [0.5, 0.6) is 0 Å². The van der Waals surface area contributed by atoms with Gasteiger partial charge in [-0.05, 0) is 56.0 Å². The maximum Gasteiger partial charge on any atom is 0.271 e. The number of halogens is 2. The van der Waals surface area contributed by atoms with Crippen molar-refractivity contribution in [2.75, 3.05) is 36.5 Å². The first-order valence-corrected chi connectivity index (χ1v) is 12.1. The summed E-state index contributed by atoms with van der Waals surface area (Å²) in [6.07, 6.45) is 4.13. The van der Waals surface area contributed by atoms with E-state index in [2.05, 4.69) is 25.6 Å². The van der Waals surface area contributed by atoms with Crippen LogP contribution in [-0.2, 0) is 9.53 Å². The Balaban J connectivity index is 1.18. The normalized spacial score (nSPS) is 20.6. The number of hydrogen-bond donors (Lipinski definition) is 2. The van der Waals surface area contributed by atoms with E-state index in [0.29, 0.717) is 55.9 Å². The number of aromatic nitrogens is 3. The van der Waals surface area contributed by atoms with Crippen molar-refractivity contribution < 1.29 is 18.7 Å². The molecule has 9 nitrogen and oxygen atoms in total. The number of imidazole rings is 1. The third kappa shape index (κ3) is 5.23. The quantitative estimate of drug-likeness (QED) is 0.557. The number of nitrogens with zero attached hydrogens (tertiary/aromatic N) is 4. The van der Waals surface area contributed by atoms with Crippen molar-refractivity contribution in [3.05, 3.63) is 53.1 Å². The molecule has 35 heavy (non-hydrogen) atoms. The largest absolute Gasteiger partial charge is 0.378 e. The Labute approximate surface area is 206 Å². The fourth-order valence-corrected chi connectivity index (χ4v) is 4.78. The summed E-state index contributed by atoms with van der Waals surface area (Å²) in [5, 5.41) is 10.7. The Morgan fingerprint density at radius 2 is 1.86 bits per heavy atom. The second kappa shape index (κ2) is 10.2. The van der Waals surface area contributed by atoms with Gasteiger partial charge in [-0.1, -0.05) is 11.6 Å². The van der Waals surface area contributed by atoms with E-state index in [-0.39, 0.29) is 28.8 Å². The lowest BCUT2D eigenvalue weighted by molar-refractivity contribution is -0.120. The van der Waals surface area contributed by atoms with Crippen LogP contribution in [0.1, 0.15) is 36.2 Å². The average Bonchev–Trinajstić information content (AvgIpc) is 3.30. The minimum atomic E-state index is -0.456. The summed E-state index contributed by atoms with van der Waals surface area (Å²) in [5.74, 6) is -0.263. The lowest BCUT2D eigenvalue weighted by atomic mass is 9.85. The Bertz CT molecular complexity index is 1240. The maximum atomic E-state index is 13.2. The zero-order chi connectivity index (χ0) is 24.4. The van der Waals surface area contributed by atoms with Crippen LogP contribution in [0.2, 0.25) is 5.02 Å². The van der Waals surface area contributed by atoms with E-state index in [9.17, 15) is 14.0 Å². The minimum Gasteiger partial charge on any atom is -0.378 e. The number of morpholine rings is 1. The molecule has 11 heteroatoms. The first-order chi connectivity index (χ1) is 17.0. The number of hydrogen-bond acceptors (Lipinski definition) is 6. The highest BCUT2D eigenvalue weighted by atomic mass is 35.5. The van der Waals surface area contributed by atoms with Gasteiger partial charge in [0.2, 0.25) is 5.91 Å². The topological polar surface area (TPSA) is 101 Å². The van der Waals surface area contributed by atoms with Gasteiger partial charge in [-0.25, -0.2) is 13.9 Å². The molecule has 0 unspecified atom stereocenters. The Kier molecular flexibility index (Phi) is 6.83. The highest BCUT2D eigenvalue weighted by molar-refractivity contribution is 6.33. The number of carbonyl (C=O) groups is 2. The van der Waals surface area contributed by atoms with Gasteiger partial charge < -0.3 is 20.3 Å². The molecule has 0 atom stereocenters. The van der Waals surface area contributed by atoms with Crippen molar-refractivity contribution in [3.8, 4) is 0 Å². The molecule has 2 fully saturated rings. The number of nitrogens with one attached hydrogen (secondary N) is 2. The van der Waals surface area contributed by atoms with E-state index in [1.807, 2.05) is 12.1 Å². The number of anilines is 2. The second-order valence-corrected chi connectivity index (χ2v) is 9.25. The summed E-state index contributed by atoms with van der Waals surface area (Å²) in [7, 11) is 0. The lowest BCUT2D eigenvalue weighted by Crippen LogP contribution is -2.40.